The number of benzene rings is 3. The monoisotopic (exact) mass is 452 g/mol. The first-order chi connectivity index (χ1) is 14.0. The molecule has 3 aromatic rings. The summed E-state index contributed by atoms with van der Waals surface area (Å²) in [6.45, 7) is 2.03. The quantitative estimate of drug-likeness (QED) is 0.601. The van der Waals surface area contributed by atoms with Gasteiger partial charge in [0.25, 0.3) is 5.91 Å². The lowest BCUT2D eigenvalue weighted by Crippen LogP contribution is -2.40. The van der Waals surface area contributed by atoms with E-state index in [1.54, 1.807) is 19.1 Å². The highest BCUT2D eigenvalue weighted by atomic mass is 79.9. The van der Waals surface area contributed by atoms with Gasteiger partial charge in [-0.25, -0.2) is 4.79 Å². The molecule has 0 radical (unpaired) electrons. The van der Waals surface area contributed by atoms with Crippen LogP contribution in [0.3, 0.4) is 0 Å². The number of carbonyl (C=O) groups excluding carboxylic acids is 2. The zero-order chi connectivity index (χ0) is 20.2. The van der Waals surface area contributed by atoms with E-state index >= 15 is 0 Å². The standard InChI is InChI=1S/C22H17BrN2O4/c1-22(16-7-6-13-4-2-3-5-14(13)8-16)20(26)25(21(27)24-22)11-15-9-18-19(10-17(15)23)29-12-28-18/h2-10H,11-12H2,1H3,(H,24,27)/t22-/m0/s1. The van der Waals surface area contributed by atoms with Crippen molar-refractivity contribution in [2.75, 3.05) is 6.79 Å². The van der Waals surface area contributed by atoms with Crippen LogP contribution in [0.1, 0.15) is 18.1 Å². The lowest BCUT2D eigenvalue weighted by Gasteiger charge is -2.23. The van der Waals surface area contributed by atoms with Gasteiger partial charge in [-0.15, -0.1) is 0 Å². The van der Waals surface area contributed by atoms with Crippen molar-refractivity contribution in [1.82, 2.24) is 10.2 Å². The molecule has 0 unspecified atom stereocenters. The summed E-state index contributed by atoms with van der Waals surface area (Å²) in [6, 6.07) is 16.9. The van der Waals surface area contributed by atoms with Crippen LogP contribution in [0.25, 0.3) is 10.8 Å². The van der Waals surface area contributed by atoms with Crippen molar-refractivity contribution < 1.29 is 19.1 Å². The lowest BCUT2D eigenvalue weighted by atomic mass is 9.90. The Hall–Kier alpha value is -3.06. The Morgan fingerprint density at radius 3 is 2.55 bits per heavy atom. The third-order valence-electron chi connectivity index (χ3n) is 5.47. The number of rotatable bonds is 3. The normalized spacial score (nSPS) is 20.4. The van der Waals surface area contributed by atoms with E-state index in [0.29, 0.717) is 11.5 Å². The van der Waals surface area contributed by atoms with Crippen molar-refractivity contribution in [2.24, 2.45) is 0 Å². The van der Waals surface area contributed by atoms with E-state index in [-0.39, 0.29) is 19.2 Å². The van der Waals surface area contributed by atoms with Crippen LogP contribution < -0.4 is 14.8 Å². The molecule has 2 aliphatic rings. The number of imide groups is 1. The highest BCUT2D eigenvalue weighted by Gasteiger charge is 2.49. The van der Waals surface area contributed by atoms with Gasteiger partial charge in [-0.05, 0) is 47.0 Å². The zero-order valence-corrected chi connectivity index (χ0v) is 17.2. The van der Waals surface area contributed by atoms with Crippen molar-refractivity contribution in [3.8, 4) is 11.5 Å². The van der Waals surface area contributed by atoms with Gasteiger partial charge in [0, 0.05) is 4.47 Å². The molecule has 3 amide bonds. The highest BCUT2D eigenvalue weighted by molar-refractivity contribution is 9.10. The molecule has 2 heterocycles. The van der Waals surface area contributed by atoms with Gasteiger partial charge in [-0.1, -0.05) is 52.3 Å². The smallest absolute Gasteiger partial charge is 0.325 e. The summed E-state index contributed by atoms with van der Waals surface area (Å²) in [6.07, 6.45) is 0. The number of fused-ring (bicyclic) bond motifs is 2. The number of urea groups is 1. The van der Waals surface area contributed by atoms with E-state index in [0.717, 1.165) is 26.4 Å². The molecule has 1 atom stereocenters. The first-order valence-corrected chi connectivity index (χ1v) is 9.96. The van der Waals surface area contributed by atoms with Crippen LogP contribution in [0.15, 0.2) is 59.1 Å². The predicted octanol–water partition coefficient (Wildman–Crippen LogP) is 4.30. The van der Waals surface area contributed by atoms with Crippen LogP contribution >= 0.6 is 15.9 Å². The minimum Gasteiger partial charge on any atom is -0.454 e. The van der Waals surface area contributed by atoms with Gasteiger partial charge in [-0.2, -0.15) is 0 Å². The van der Waals surface area contributed by atoms with Gasteiger partial charge >= 0.3 is 6.03 Å². The molecule has 6 nitrogen and oxygen atoms in total. The topological polar surface area (TPSA) is 67.9 Å². The third kappa shape index (κ3) is 2.84. The van der Waals surface area contributed by atoms with Gasteiger partial charge in [0.15, 0.2) is 11.5 Å². The van der Waals surface area contributed by atoms with E-state index in [4.69, 9.17) is 9.47 Å². The second kappa shape index (κ2) is 6.49. The minimum atomic E-state index is -1.12. The number of halogens is 1. The maximum absolute atomic E-state index is 13.3. The van der Waals surface area contributed by atoms with E-state index in [1.165, 1.54) is 4.90 Å². The van der Waals surface area contributed by atoms with Gasteiger partial charge in [0.2, 0.25) is 6.79 Å². The minimum absolute atomic E-state index is 0.130. The molecular formula is C22H17BrN2O4. The van der Waals surface area contributed by atoms with Crippen molar-refractivity contribution in [2.45, 2.75) is 19.0 Å². The predicted molar refractivity (Wildman–Crippen MR) is 111 cm³/mol. The summed E-state index contributed by atoms with van der Waals surface area (Å²) in [4.78, 5) is 27.2. The highest BCUT2D eigenvalue weighted by Crippen LogP contribution is 2.38. The molecule has 2 aliphatic heterocycles. The Labute approximate surface area is 175 Å². The molecule has 1 N–H and O–H groups in total. The number of hydrogen-bond acceptors (Lipinski definition) is 4. The van der Waals surface area contributed by atoms with Crippen molar-refractivity contribution >= 4 is 38.6 Å². The SMILES string of the molecule is C[C@@]1(c2ccc3ccccc3c2)NC(=O)N(Cc2cc3c(cc2Br)OCO3)C1=O. The molecule has 0 aliphatic carbocycles. The molecule has 1 saturated heterocycles. The number of ether oxygens (including phenoxy) is 2. The second-order valence-electron chi connectivity index (χ2n) is 7.31. The fourth-order valence-electron chi connectivity index (χ4n) is 3.79. The van der Waals surface area contributed by atoms with E-state index < -0.39 is 11.6 Å². The summed E-state index contributed by atoms with van der Waals surface area (Å²) in [5, 5.41) is 4.97. The van der Waals surface area contributed by atoms with Crippen LogP contribution in [0.4, 0.5) is 4.79 Å². The molecule has 146 valence electrons. The Kier molecular flexibility index (Phi) is 4.03. The second-order valence-corrected chi connectivity index (χ2v) is 8.16. The average molecular weight is 453 g/mol. The maximum atomic E-state index is 13.3. The number of amides is 3. The molecule has 0 bridgehead atoms. The van der Waals surface area contributed by atoms with Gasteiger partial charge in [0.1, 0.15) is 5.54 Å². The van der Waals surface area contributed by atoms with Gasteiger partial charge < -0.3 is 14.8 Å². The van der Waals surface area contributed by atoms with Crippen LogP contribution in [-0.4, -0.2) is 23.6 Å². The molecule has 0 spiro atoms. The first kappa shape index (κ1) is 18.0. The molecule has 0 saturated carbocycles. The lowest BCUT2D eigenvalue weighted by molar-refractivity contribution is -0.131. The molecule has 0 aromatic heterocycles. The Balaban J connectivity index is 1.47. The fraction of sp³-hybridized carbons (Fsp3) is 0.182. The van der Waals surface area contributed by atoms with Gasteiger partial charge in [0.05, 0.1) is 6.54 Å². The number of nitrogens with one attached hydrogen (secondary N) is 1. The summed E-state index contributed by atoms with van der Waals surface area (Å²) in [7, 11) is 0. The Bertz CT molecular complexity index is 1180. The summed E-state index contributed by atoms with van der Waals surface area (Å²) >= 11 is 3.49. The van der Waals surface area contributed by atoms with Crippen LogP contribution in [0.2, 0.25) is 0 Å². The fourth-order valence-corrected chi connectivity index (χ4v) is 4.24. The molecule has 5 rings (SSSR count). The Morgan fingerprint density at radius 2 is 1.76 bits per heavy atom. The van der Waals surface area contributed by atoms with Crippen LogP contribution in [0, 0.1) is 0 Å². The van der Waals surface area contributed by atoms with E-state index in [9.17, 15) is 9.59 Å². The van der Waals surface area contributed by atoms with E-state index in [2.05, 4.69) is 21.2 Å². The Morgan fingerprint density at radius 1 is 1.03 bits per heavy atom. The largest absolute Gasteiger partial charge is 0.454 e. The zero-order valence-electron chi connectivity index (χ0n) is 15.6. The summed E-state index contributed by atoms with van der Waals surface area (Å²) in [5.74, 6) is 0.953. The maximum Gasteiger partial charge on any atom is 0.325 e. The molecule has 29 heavy (non-hydrogen) atoms. The average Bonchev–Trinajstić information content (AvgIpc) is 3.25. The van der Waals surface area contributed by atoms with Crippen molar-refractivity contribution in [1.29, 1.82) is 0 Å². The number of hydrogen-bond donors (Lipinski definition) is 1. The van der Waals surface area contributed by atoms with Crippen LogP contribution in [0.5, 0.6) is 11.5 Å². The van der Waals surface area contributed by atoms with Crippen LogP contribution in [-0.2, 0) is 16.9 Å². The van der Waals surface area contributed by atoms with Crippen molar-refractivity contribution in [3.05, 3.63) is 70.2 Å². The van der Waals surface area contributed by atoms with Crippen molar-refractivity contribution in [3.63, 3.8) is 0 Å². The number of nitrogens with zero attached hydrogens (tertiary/aromatic N) is 1. The summed E-state index contributed by atoms with van der Waals surface area (Å²) in [5.41, 5.74) is 0.395. The molecule has 7 heteroatoms. The first-order valence-electron chi connectivity index (χ1n) is 9.17. The molecule has 3 aromatic carbocycles. The molecular weight excluding hydrogens is 436 g/mol. The summed E-state index contributed by atoms with van der Waals surface area (Å²) < 4.78 is 11.5. The number of carbonyl (C=O) groups is 2. The molecule has 1 fully saturated rings. The van der Waals surface area contributed by atoms with Gasteiger partial charge in [-0.3, -0.25) is 9.69 Å². The third-order valence-corrected chi connectivity index (χ3v) is 6.21. The van der Waals surface area contributed by atoms with E-state index in [1.807, 2.05) is 42.5 Å².